The van der Waals surface area contributed by atoms with Crippen molar-refractivity contribution in [1.29, 1.82) is 0 Å². The summed E-state index contributed by atoms with van der Waals surface area (Å²) in [4.78, 5) is 10.9. The van der Waals surface area contributed by atoms with E-state index in [1.54, 1.807) is 6.07 Å². The third-order valence-electron chi connectivity index (χ3n) is 3.58. The number of carboxylic acid groups (broad SMARTS) is 1. The minimum atomic E-state index is -2.78. The molecule has 2 aliphatic rings. The second-order valence-corrected chi connectivity index (χ2v) is 4.63. The van der Waals surface area contributed by atoms with Crippen molar-refractivity contribution < 1.29 is 23.4 Å². The summed E-state index contributed by atoms with van der Waals surface area (Å²) in [6.45, 7) is 0.239. The van der Waals surface area contributed by atoms with Crippen molar-refractivity contribution in [2.24, 2.45) is 0 Å². The molecule has 17 heavy (non-hydrogen) atoms. The Bertz CT molecular complexity index is 512. The minimum absolute atomic E-state index is 0.0317. The largest absolute Gasteiger partial charge is 0.478 e. The number of hydrogen-bond acceptors (Lipinski definition) is 2. The van der Waals surface area contributed by atoms with Crippen molar-refractivity contribution in [2.75, 3.05) is 6.61 Å². The van der Waals surface area contributed by atoms with Gasteiger partial charge in [-0.25, -0.2) is 13.6 Å². The molecule has 1 aliphatic carbocycles. The molecule has 3 rings (SSSR count). The summed E-state index contributed by atoms with van der Waals surface area (Å²) in [7, 11) is 0. The van der Waals surface area contributed by atoms with Crippen LogP contribution in [0.5, 0.6) is 0 Å². The molecule has 90 valence electrons. The van der Waals surface area contributed by atoms with Gasteiger partial charge < -0.3 is 9.84 Å². The van der Waals surface area contributed by atoms with Gasteiger partial charge in [-0.05, 0) is 23.3 Å². The van der Waals surface area contributed by atoms with Crippen LogP contribution >= 0.6 is 0 Å². The molecule has 1 fully saturated rings. The lowest BCUT2D eigenvalue weighted by Crippen LogP contribution is -2.29. The predicted octanol–water partition coefficient (Wildman–Crippen LogP) is 2.19. The zero-order valence-corrected chi connectivity index (χ0v) is 8.87. The SMILES string of the molecule is O=C(O)c1ccc2c(c1)C1(COC2)CC1(F)F. The molecule has 1 spiro atoms. The van der Waals surface area contributed by atoms with Gasteiger partial charge in [-0.1, -0.05) is 6.07 Å². The molecule has 1 heterocycles. The molecule has 1 aromatic carbocycles. The lowest BCUT2D eigenvalue weighted by atomic mass is 9.88. The first-order valence-electron chi connectivity index (χ1n) is 5.29. The summed E-state index contributed by atoms with van der Waals surface area (Å²) in [5, 5.41) is 8.89. The fourth-order valence-corrected chi connectivity index (χ4v) is 2.48. The third-order valence-corrected chi connectivity index (χ3v) is 3.58. The summed E-state index contributed by atoms with van der Waals surface area (Å²) in [5.41, 5.74) is -0.133. The topological polar surface area (TPSA) is 46.5 Å². The molecular weight excluding hydrogens is 230 g/mol. The van der Waals surface area contributed by atoms with E-state index in [2.05, 4.69) is 0 Å². The van der Waals surface area contributed by atoms with Gasteiger partial charge in [0.05, 0.1) is 24.2 Å². The van der Waals surface area contributed by atoms with Crippen LogP contribution in [0, 0.1) is 0 Å². The van der Waals surface area contributed by atoms with Gasteiger partial charge in [-0.15, -0.1) is 0 Å². The van der Waals surface area contributed by atoms with Crippen molar-refractivity contribution in [3.8, 4) is 0 Å². The summed E-state index contributed by atoms with van der Waals surface area (Å²) in [5.74, 6) is -3.88. The van der Waals surface area contributed by atoms with Crippen LogP contribution in [0.3, 0.4) is 0 Å². The highest BCUT2D eigenvalue weighted by molar-refractivity contribution is 5.88. The molecule has 1 aromatic rings. The molecule has 3 nitrogen and oxygen atoms in total. The number of carbonyl (C=O) groups is 1. The van der Waals surface area contributed by atoms with E-state index in [1.807, 2.05) is 0 Å². The third kappa shape index (κ3) is 1.32. The Morgan fingerprint density at radius 1 is 1.41 bits per heavy atom. The Balaban J connectivity index is 2.13. The van der Waals surface area contributed by atoms with Crippen LogP contribution in [0.2, 0.25) is 0 Å². The molecule has 0 radical (unpaired) electrons. The van der Waals surface area contributed by atoms with Crippen molar-refractivity contribution in [2.45, 2.75) is 24.4 Å². The van der Waals surface area contributed by atoms with E-state index in [9.17, 15) is 13.6 Å². The maximum absolute atomic E-state index is 13.5. The molecule has 1 aliphatic heterocycles. The predicted molar refractivity (Wildman–Crippen MR) is 54.3 cm³/mol. The summed E-state index contributed by atoms with van der Waals surface area (Å²) < 4.78 is 32.1. The number of halogens is 2. The van der Waals surface area contributed by atoms with Gasteiger partial charge in [-0.3, -0.25) is 0 Å². The average Bonchev–Trinajstić information content (AvgIpc) is 2.81. The van der Waals surface area contributed by atoms with Crippen LogP contribution in [0.4, 0.5) is 8.78 Å². The van der Waals surface area contributed by atoms with Gasteiger partial charge in [0.1, 0.15) is 0 Å². The van der Waals surface area contributed by atoms with E-state index in [0.717, 1.165) is 0 Å². The lowest BCUT2D eigenvalue weighted by Gasteiger charge is -2.26. The normalized spacial score (nSPS) is 28.8. The number of alkyl halides is 2. The number of aromatic carboxylic acids is 1. The molecule has 0 amide bonds. The molecule has 1 unspecified atom stereocenters. The second-order valence-electron chi connectivity index (χ2n) is 4.63. The zero-order valence-electron chi connectivity index (χ0n) is 8.87. The average molecular weight is 240 g/mol. The zero-order chi connectivity index (χ0) is 12.3. The Kier molecular flexibility index (Phi) is 1.91. The standard InChI is InChI=1S/C12H10F2O3/c13-12(14)5-11(12)6-17-4-8-2-1-7(10(15)16)3-9(8)11/h1-3H,4-6H2,(H,15,16). The van der Waals surface area contributed by atoms with Crippen LogP contribution in [-0.2, 0) is 16.8 Å². The molecule has 1 saturated carbocycles. The highest BCUT2D eigenvalue weighted by atomic mass is 19.3. The monoisotopic (exact) mass is 240 g/mol. The highest BCUT2D eigenvalue weighted by Gasteiger charge is 2.73. The first-order chi connectivity index (χ1) is 7.96. The van der Waals surface area contributed by atoms with Crippen molar-refractivity contribution in [3.63, 3.8) is 0 Å². The van der Waals surface area contributed by atoms with Gasteiger partial charge in [0.25, 0.3) is 5.92 Å². The van der Waals surface area contributed by atoms with Gasteiger partial charge >= 0.3 is 5.97 Å². The Morgan fingerprint density at radius 2 is 2.12 bits per heavy atom. The number of rotatable bonds is 1. The fourth-order valence-electron chi connectivity index (χ4n) is 2.48. The summed E-state index contributed by atoms with van der Waals surface area (Å²) in [6, 6.07) is 4.35. The molecule has 1 N–H and O–H groups in total. The van der Waals surface area contributed by atoms with E-state index in [-0.39, 0.29) is 25.2 Å². The van der Waals surface area contributed by atoms with Gasteiger partial charge in [0, 0.05) is 6.42 Å². The number of benzene rings is 1. The minimum Gasteiger partial charge on any atom is -0.478 e. The molecule has 1 atom stereocenters. The number of ether oxygens (including phenoxy) is 1. The van der Waals surface area contributed by atoms with Gasteiger partial charge in [-0.2, -0.15) is 0 Å². The number of hydrogen-bond donors (Lipinski definition) is 1. The van der Waals surface area contributed by atoms with E-state index in [4.69, 9.17) is 9.84 Å². The van der Waals surface area contributed by atoms with E-state index < -0.39 is 17.3 Å². The number of carboxylic acids is 1. The maximum atomic E-state index is 13.5. The molecule has 5 heteroatoms. The smallest absolute Gasteiger partial charge is 0.335 e. The summed E-state index contributed by atoms with van der Waals surface area (Å²) in [6.07, 6.45) is -0.254. The van der Waals surface area contributed by atoms with Crippen LogP contribution in [0.1, 0.15) is 27.9 Å². The first-order valence-corrected chi connectivity index (χ1v) is 5.29. The van der Waals surface area contributed by atoms with E-state index >= 15 is 0 Å². The summed E-state index contributed by atoms with van der Waals surface area (Å²) >= 11 is 0. The van der Waals surface area contributed by atoms with Crippen LogP contribution in [0.15, 0.2) is 18.2 Å². The quantitative estimate of drug-likeness (QED) is 0.818. The Hall–Kier alpha value is -1.49. The molecule has 0 saturated heterocycles. The molecule has 0 bridgehead atoms. The maximum Gasteiger partial charge on any atom is 0.335 e. The Labute approximate surface area is 96.0 Å². The van der Waals surface area contributed by atoms with E-state index in [0.29, 0.717) is 11.1 Å². The van der Waals surface area contributed by atoms with Crippen molar-refractivity contribution >= 4 is 5.97 Å². The molecule has 0 aromatic heterocycles. The van der Waals surface area contributed by atoms with Crippen LogP contribution in [-0.4, -0.2) is 23.6 Å². The molecular formula is C12H10F2O3. The second kappa shape index (κ2) is 3.04. The van der Waals surface area contributed by atoms with Gasteiger partial charge in [0.2, 0.25) is 0 Å². The van der Waals surface area contributed by atoms with Crippen molar-refractivity contribution in [1.82, 2.24) is 0 Å². The van der Waals surface area contributed by atoms with E-state index in [1.165, 1.54) is 12.1 Å². The van der Waals surface area contributed by atoms with Crippen LogP contribution < -0.4 is 0 Å². The number of fused-ring (bicyclic) bond motifs is 2. The van der Waals surface area contributed by atoms with Crippen LogP contribution in [0.25, 0.3) is 0 Å². The Morgan fingerprint density at radius 3 is 2.71 bits per heavy atom. The van der Waals surface area contributed by atoms with Gasteiger partial charge in [0.15, 0.2) is 0 Å². The van der Waals surface area contributed by atoms with Crippen molar-refractivity contribution in [3.05, 3.63) is 34.9 Å². The first kappa shape index (κ1) is 10.7. The highest BCUT2D eigenvalue weighted by Crippen LogP contribution is 2.63. The lowest BCUT2D eigenvalue weighted by molar-refractivity contribution is 0.0208. The fraction of sp³-hybridized carbons (Fsp3) is 0.417.